The maximum Gasteiger partial charge on any atom is 0.338 e. The zero-order valence-corrected chi connectivity index (χ0v) is 16.5. The Kier molecular flexibility index (Phi) is 5.75. The van der Waals surface area contributed by atoms with Crippen molar-refractivity contribution in [2.24, 2.45) is 0 Å². The second-order valence-corrected chi connectivity index (χ2v) is 8.65. The zero-order chi connectivity index (χ0) is 19.6. The van der Waals surface area contributed by atoms with Crippen LogP contribution >= 0.6 is 11.8 Å². The number of nitrogens with one attached hydrogen (secondary N) is 1. The SMILES string of the molecule is O=C1N[C@H]([C@@]2(O)C[C@H]3CC(CCCC=CCc4cccc(c4)C(=O)O3)O2)CS1. The van der Waals surface area contributed by atoms with Gasteiger partial charge in [-0.25, -0.2) is 4.79 Å². The van der Waals surface area contributed by atoms with Crippen LogP contribution in [0, 0.1) is 0 Å². The van der Waals surface area contributed by atoms with E-state index in [9.17, 15) is 14.7 Å². The molecule has 2 N–H and O–H groups in total. The summed E-state index contributed by atoms with van der Waals surface area (Å²) >= 11 is 1.13. The maximum absolute atomic E-state index is 12.7. The summed E-state index contributed by atoms with van der Waals surface area (Å²) in [7, 11) is 0. The monoisotopic (exact) mass is 403 g/mol. The van der Waals surface area contributed by atoms with Gasteiger partial charge in [0, 0.05) is 18.6 Å². The van der Waals surface area contributed by atoms with Crippen LogP contribution in [0.15, 0.2) is 36.4 Å². The van der Waals surface area contributed by atoms with Crippen molar-refractivity contribution >= 4 is 23.0 Å². The number of esters is 1. The van der Waals surface area contributed by atoms with Crippen molar-refractivity contribution in [1.29, 1.82) is 0 Å². The average molecular weight is 404 g/mol. The molecule has 4 atom stereocenters. The van der Waals surface area contributed by atoms with Crippen LogP contribution in [-0.2, 0) is 15.9 Å². The van der Waals surface area contributed by atoms with E-state index in [4.69, 9.17) is 9.47 Å². The van der Waals surface area contributed by atoms with E-state index in [0.717, 1.165) is 43.0 Å². The number of ether oxygens (including phenoxy) is 2. The number of fused-ring (bicyclic) bond motifs is 4. The Hall–Kier alpha value is -1.83. The molecule has 0 spiro atoms. The molecular formula is C21H25NO5S. The van der Waals surface area contributed by atoms with Crippen LogP contribution in [0.5, 0.6) is 0 Å². The van der Waals surface area contributed by atoms with Crippen molar-refractivity contribution in [2.45, 2.75) is 62.6 Å². The summed E-state index contributed by atoms with van der Waals surface area (Å²) in [6, 6.07) is 6.96. The lowest BCUT2D eigenvalue weighted by molar-refractivity contribution is -0.281. The number of benzene rings is 1. The minimum Gasteiger partial charge on any atom is -0.458 e. The Balaban J connectivity index is 1.57. The quantitative estimate of drug-likeness (QED) is 0.553. The Morgan fingerprint density at radius 3 is 2.93 bits per heavy atom. The lowest BCUT2D eigenvalue weighted by Gasteiger charge is -2.43. The Morgan fingerprint density at radius 1 is 1.21 bits per heavy atom. The molecule has 0 saturated carbocycles. The van der Waals surface area contributed by atoms with Crippen LogP contribution in [0.4, 0.5) is 4.79 Å². The first-order chi connectivity index (χ1) is 13.5. The van der Waals surface area contributed by atoms with Crippen molar-refractivity contribution < 1.29 is 24.2 Å². The molecule has 6 nitrogen and oxygen atoms in total. The maximum atomic E-state index is 12.7. The molecule has 4 bridgehead atoms. The number of carbonyl (C=O) groups is 2. The Bertz CT molecular complexity index is 782. The Labute approximate surface area is 168 Å². The van der Waals surface area contributed by atoms with Gasteiger partial charge >= 0.3 is 5.97 Å². The van der Waals surface area contributed by atoms with Crippen molar-refractivity contribution in [3.63, 3.8) is 0 Å². The van der Waals surface area contributed by atoms with Crippen LogP contribution in [-0.4, -0.2) is 46.1 Å². The molecule has 3 heterocycles. The van der Waals surface area contributed by atoms with Gasteiger partial charge < -0.3 is 19.9 Å². The second-order valence-electron chi connectivity index (χ2n) is 7.65. The third kappa shape index (κ3) is 4.42. The fourth-order valence-electron chi connectivity index (χ4n) is 4.05. The largest absolute Gasteiger partial charge is 0.458 e. The molecule has 0 radical (unpaired) electrons. The summed E-state index contributed by atoms with van der Waals surface area (Å²) in [6.07, 6.45) is 7.68. The van der Waals surface area contributed by atoms with Gasteiger partial charge in [-0.3, -0.25) is 4.79 Å². The number of rotatable bonds is 1. The third-order valence-electron chi connectivity index (χ3n) is 5.49. The molecule has 28 heavy (non-hydrogen) atoms. The molecule has 3 aliphatic rings. The minimum absolute atomic E-state index is 0.153. The molecule has 1 unspecified atom stereocenters. The van der Waals surface area contributed by atoms with Crippen molar-refractivity contribution in [3.8, 4) is 0 Å². The minimum atomic E-state index is -1.53. The molecule has 4 rings (SSSR count). The first-order valence-corrected chi connectivity index (χ1v) is 10.8. The lowest BCUT2D eigenvalue weighted by Crippen LogP contribution is -2.58. The number of aliphatic hydroxyl groups is 1. The fourth-order valence-corrected chi connectivity index (χ4v) is 4.94. The van der Waals surface area contributed by atoms with Crippen molar-refractivity contribution in [3.05, 3.63) is 47.5 Å². The molecule has 2 saturated heterocycles. The van der Waals surface area contributed by atoms with Crippen LogP contribution in [0.25, 0.3) is 0 Å². The van der Waals surface area contributed by atoms with Gasteiger partial charge in [0.05, 0.1) is 17.7 Å². The van der Waals surface area contributed by atoms with Gasteiger partial charge in [0.25, 0.3) is 5.24 Å². The smallest absolute Gasteiger partial charge is 0.338 e. The number of thioether (sulfide) groups is 1. The normalized spacial score (nSPS) is 33.7. The van der Waals surface area contributed by atoms with E-state index < -0.39 is 17.9 Å². The number of hydrogen-bond donors (Lipinski definition) is 2. The molecule has 0 aliphatic carbocycles. The topological polar surface area (TPSA) is 84.9 Å². The summed E-state index contributed by atoms with van der Waals surface area (Å²) in [4.78, 5) is 24.3. The summed E-state index contributed by atoms with van der Waals surface area (Å²) < 4.78 is 11.8. The van der Waals surface area contributed by atoms with E-state index in [1.54, 1.807) is 6.07 Å². The van der Waals surface area contributed by atoms with E-state index in [-0.39, 0.29) is 23.7 Å². The standard InChI is InChI=1S/C21H25NO5S/c23-19-15-8-5-7-14(10-15)6-3-1-2-4-9-16-11-17(26-19)12-21(25,27-16)18-13-28-20(24)22-18/h1,3,5,7-8,10,16-18,25H,2,4,6,9,11-13H2,(H,22,24)/t16?,17-,18+,21-/m1/s1. The third-order valence-corrected chi connectivity index (χ3v) is 6.37. The van der Waals surface area contributed by atoms with E-state index >= 15 is 0 Å². The first-order valence-electron chi connectivity index (χ1n) is 9.80. The van der Waals surface area contributed by atoms with Gasteiger partial charge in [0.1, 0.15) is 6.10 Å². The predicted octanol–water partition coefficient (Wildman–Crippen LogP) is 3.19. The average Bonchev–Trinajstić information content (AvgIpc) is 3.11. The molecule has 7 heteroatoms. The van der Waals surface area contributed by atoms with E-state index in [1.807, 2.05) is 18.2 Å². The number of hydrogen-bond acceptors (Lipinski definition) is 6. The van der Waals surface area contributed by atoms with Gasteiger partial charge in [0.15, 0.2) is 5.79 Å². The molecule has 150 valence electrons. The van der Waals surface area contributed by atoms with E-state index in [2.05, 4.69) is 17.5 Å². The van der Waals surface area contributed by atoms with E-state index in [0.29, 0.717) is 17.7 Å². The summed E-state index contributed by atoms with van der Waals surface area (Å²) in [5, 5.41) is 13.8. The molecule has 2 fully saturated rings. The van der Waals surface area contributed by atoms with Gasteiger partial charge in [0.2, 0.25) is 0 Å². The van der Waals surface area contributed by atoms with E-state index in [1.165, 1.54) is 0 Å². The molecule has 1 aromatic carbocycles. The predicted molar refractivity (Wildman–Crippen MR) is 106 cm³/mol. The molecule has 3 aliphatic heterocycles. The molecule has 1 aromatic rings. The number of amides is 1. The summed E-state index contributed by atoms with van der Waals surface area (Å²) in [5.41, 5.74) is 1.58. The van der Waals surface area contributed by atoms with Crippen LogP contribution < -0.4 is 5.32 Å². The van der Waals surface area contributed by atoms with Gasteiger partial charge in [-0.05, 0) is 43.4 Å². The second kappa shape index (κ2) is 8.27. The van der Waals surface area contributed by atoms with Crippen molar-refractivity contribution in [2.75, 3.05) is 5.75 Å². The van der Waals surface area contributed by atoms with Crippen molar-refractivity contribution in [1.82, 2.24) is 5.32 Å². The number of allylic oxidation sites excluding steroid dienone is 2. The molecule has 1 amide bonds. The van der Waals surface area contributed by atoms with Gasteiger partial charge in [-0.1, -0.05) is 36.0 Å². The Morgan fingerprint density at radius 2 is 2.11 bits per heavy atom. The zero-order valence-electron chi connectivity index (χ0n) is 15.6. The highest BCUT2D eigenvalue weighted by atomic mass is 32.2. The van der Waals surface area contributed by atoms with Gasteiger partial charge in [-0.2, -0.15) is 0 Å². The highest BCUT2D eigenvalue weighted by Crippen LogP contribution is 2.36. The van der Waals surface area contributed by atoms with Crippen LogP contribution in [0.3, 0.4) is 0 Å². The summed E-state index contributed by atoms with van der Waals surface area (Å²) in [5.74, 6) is -1.48. The highest BCUT2D eigenvalue weighted by Gasteiger charge is 2.49. The highest BCUT2D eigenvalue weighted by molar-refractivity contribution is 8.14. The van der Waals surface area contributed by atoms with Crippen LogP contribution in [0.2, 0.25) is 0 Å². The summed E-state index contributed by atoms with van der Waals surface area (Å²) in [6.45, 7) is 0. The molecular weight excluding hydrogens is 378 g/mol. The fraction of sp³-hybridized carbons (Fsp3) is 0.524. The first kappa shape index (κ1) is 19.5. The lowest BCUT2D eigenvalue weighted by atomic mass is 9.91. The van der Waals surface area contributed by atoms with Gasteiger partial charge in [-0.15, -0.1) is 0 Å². The number of carbonyl (C=O) groups excluding carboxylic acids is 2. The molecule has 0 aromatic heterocycles. The van der Waals surface area contributed by atoms with Crippen LogP contribution in [0.1, 0.15) is 48.0 Å².